The van der Waals surface area contributed by atoms with Gasteiger partial charge in [0.25, 0.3) is 0 Å². The van der Waals surface area contributed by atoms with Crippen LogP contribution in [0.25, 0.3) is 15.9 Å². The number of rotatable bonds is 6. The van der Waals surface area contributed by atoms with Crippen molar-refractivity contribution >= 4 is 38.8 Å². The molecule has 150 valence electrons. The summed E-state index contributed by atoms with van der Waals surface area (Å²) in [6.45, 7) is 6.05. The number of carbonyl (C=O) groups excluding carboxylic acids is 1. The molecule has 0 aliphatic carbocycles. The summed E-state index contributed by atoms with van der Waals surface area (Å²) in [5.41, 5.74) is 3.09. The van der Waals surface area contributed by atoms with Gasteiger partial charge in [-0.1, -0.05) is 25.5 Å². The lowest BCUT2D eigenvalue weighted by atomic mass is 10.1. The Balaban J connectivity index is 1.57. The Kier molecular flexibility index (Phi) is 5.19. The third-order valence-electron chi connectivity index (χ3n) is 5.12. The van der Waals surface area contributed by atoms with Crippen molar-refractivity contribution in [1.29, 1.82) is 0 Å². The molecule has 4 aromatic rings. The molecule has 0 aliphatic heterocycles. The first-order valence-electron chi connectivity index (χ1n) is 9.70. The van der Waals surface area contributed by atoms with E-state index in [1.807, 2.05) is 38.1 Å². The fourth-order valence-electron chi connectivity index (χ4n) is 3.38. The van der Waals surface area contributed by atoms with E-state index in [2.05, 4.69) is 22.2 Å². The molecule has 3 heterocycles. The Hall–Kier alpha value is -3.00. The van der Waals surface area contributed by atoms with Crippen LogP contribution >= 0.6 is 11.3 Å². The average Bonchev–Trinajstić information content (AvgIpc) is 3.17. The van der Waals surface area contributed by atoms with Crippen molar-refractivity contribution in [2.24, 2.45) is 0 Å². The fraction of sp³-hybridized carbons (Fsp3) is 0.333. The van der Waals surface area contributed by atoms with Gasteiger partial charge in [0.1, 0.15) is 17.7 Å². The number of aromatic nitrogens is 4. The first-order valence-corrected chi connectivity index (χ1v) is 10.5. The largest absolute Gasteiger partial charge is 0.365 e. The van der Waals surface area contributed by atoms with E-state index in [4.69, 9.17) is 0 Å². The number of nitrogens with zero attached hydrogens (tertiary/aromatic N) is 4. The number of hydrogen-bond acceptors (Lipinski definition) is 5. The van der Waals surface area contributed by atoms with Gasteiger partial charge in [0.2, 0.25) is 5.91 Å². The Bertz CT molecular complexity index is 1250. The molecule has 7 nitrogen and oxygen atoms in total. The van der Waals surface area contributed by atoms with Gasteiger partial charge in [-0.2, -0.15) is 4.98 Å². The molecule has 0 spiro atoms. The number of unbranched alkanes of at least 4 members (excludes halogenated alkanes) is 1. The van der Waals surface area contributed by atoms with Gasteiger partial charge in [-0.05, 0) is 49.9 Å². The number of carbonyl (C=O) groups is 1. The predicted molar refractivity (Wildman–Crippen MR) is 116 cm³/mol. The molecule has 3 aromatic heterocycles. The van der Waals surface area contributed by atoms with Gasteiger partial charge in [-0.25, -0.2) is 19.0 Å². The van der Waals surface area contributed by atoms with Gasteiger partial charge >= 0.3 is 5.69 Å². The maximum absolute atomic E-state index is 12.5. The van der Waals surface area contributed by atoms with Gasteiger partial charge in [0.15, 0.2) is 5.65 Å². The van der Waals surface area contributed by atoms with Crippen molar-refractivity contribution < 1.29 is 4.79 Å². The van der Waals surface area contributed by atoms with Crippen molar-refractivity contribution in [2.45, 2.75) is 46.6 Å². The number of fused-ring (bicyclic) bond motifs is 3. The second-order valence-electron chi connectivity index (χ2n) is 7.18. The minimum absolute atomic E-state index is 0.132. The van der Waals surface area contributed by atoms with Crippen molar-refractivity contribution in [1.82, 2.24) is 19.2 Å². The Morgan fingerprint density at radius 1 is 1.21 bits per heavy atom. The third-order valence-corrected chi connectivity index (χ3v) is 6.24. The highest BCUT2D eigenvalue weighted by Gasteiger charge is 2.17. The summed E-state index contributed by atoms with van der Waals surface area (Å²) < 4.78 is 2.87. The van der Waals surface area contributed by atoms with E-state index in [0.717, 1.165) is 39.9 Å². The molecule has 1 amide bonds. The molecule has 8 heteroatoms. The van der Waals surface area contributed by atoms with Crippen molar-refractivity contribution in [3.05, 3.63) is 57.1 Å². The van der Waals surface area contributed by atoms with Crippen LogP contribution in [0.1, 0.15) is 35.8 Å². The standard InChI is InChI=1S/C21H23N5O2S/c1-4-5-6-15-7-9-16(10-8-15)23-17(27)11-25-21(28)24-19-18-13(2)14(3)29-20(18)22-12-26(19)25/h7-10,12H,4-6,11H2,1-3H3,(H,23,27). The predicted octanol–water partition coefficient (Wildman–Crippen LogP) is 3.70. The Morgan fingerprint density at radius 2 is 1.97 bits per heavy atom. The van der Waals surface area contributed by atoms with Crippen LogP contribution in [-0.4, -0.2) is 25.1 Å². The summed E-state index contributed by atoms with van der Waals surface area (Å²) in [5.74, 6) is -0.284. The summed E-state index contributed by atoms with van der Waals surface area (Å²) in [4.78, 5) is 35.6. The summed E-state index contributed by atoms with van der Waals surface area (Å²) in [6, 6.07) is 7.83. The third kappa shape index (κ3) is 3.67. The molecule has 0 aliphatic rings. The van der Waals surface area contributed by atoms with Crippen LogP contribution in [0.2, 0.25) is 0 Å². The summed E-state index contributed by atoms with van der Waals surface area (Å²) >= 11 is 1.58. The van der Waals surface area contributed by atoms with E-state index in [1.165, 1.54) is 10.2 Å². The van der Waals surface area contributed by atoms with Gasteiger partial charge < -0.3 is 5.32 Å². The highest BCUT2D eigenvalue weighted by molar-refractivity contribution is 7.18. The van der Waals surface area contributed by atoms with Gasteiger partial charge in [-0.3, -0.25) is 4.79 Å². The zero-order valence-corrected chi connectivity index (χ0v) is 17.5. The zero-order valence-electron chi connectivity index (χ0n) is 16.7. The molecule has 29 heavy (non-hydrogen) atoms. The molecule has 0 saturated heterocycles. The van der Waals surface area contributed by atoms with E-state index in [9.17, 15) is 9.59 Å². The monoisotopic (exact) mass is 409 g/mol. The number of aryl methyl sites for hydroxylation is 3. The smallest absolute Gasteiger partial charge is 0.324 e. The first-order chi connectivity index (χ1) is 14.0. The molecule has 0 saturated carbocycles. The summed E-state index contributed by atoms with van der Waals surface area (Å²) in [7, 11) is 0. The van der Waals surface area contributed by atoms with E-state index >= 15 is 0 Å². The molecule has 0 unspecified atom stereocenters. The zero-order chi connectivity index (χ0) is 20.5. The molecule has 0 fully saturated rings. The number of amides is 1. The SMILES string of the molecule is CCCCc1ccc(NC(=O)Cn2c(=O)nc3c4c(C)c(C)sc4ncn32)cc1. The van der Waals surface area contributed by atoms with Crippen LogP contribution < -0.4 is 11.0 Å². The van der Waals surface area contributed by atoms with Crippen molar-refractivity contribution in [3.63, 3.8) is 0 Å². The number of anilines is 1. The van der Waals surface area contributed by atoms with Crippen LogP contribution in [0.5, 0.6) is 0 Å². The molecule has 0 bridgehead atoms. The normalized spacial score (nSPS) is 11.4. The fourth-order valence-corrected chi connectivity index (χ4v) is 4.37. The highest BCUT2D eigenvalue weighted by Crippen LogP contribution is 2.30. The molecule has 0 radical (unpaired) electrons. The van der Waals surface area contributed by atoms with E-state index in [0.29, 0.717) is 11.3 Å². The van der Waals surface area contributed by atoms with Gasteiger partial charge in [0.05, 0.1) is 5.39 Å². The molecular weight excluding hydrogens is 386 g/mol. The highest BCUT2D eigenvalue weighted by atomic mass is 32.1. The maximum Gasteiger partial charge on any atom is 0.365 e. The van der Waals surface area contributed by atoms with E-state index in [1.54, 1.807) is 22.2 Å². The second-order valence-corrected chi connectivity index (χ2v) is 8.38. The van der Waals surface area contributed by atoms with Gasteiger partial charge in [0, 0.05) is 10.6 Å². The molecule has 1 N–H and O–H groups in total. The van der Waals surface area contributed by atoms with Crippen LogP contribution in [0.4, 0.5) is 5.69 Å². The molecule has 0 atom stereocenters. The lowest BCUT2D eigenvalue weighted by Gasteiger charge is -2.08. The van der Waals surface area contributed by atoms with Crippen molar-refractivity contribution in [3.8, 4) is 0 Å². The minimum atomic E-state index is -0.465. The molecular formula is C21H23N5O2S. The number of benzene rings is 1. The average molecular weight is 410 g/mol. The van der Waals surface area contributed by atoms with Crippen molar-refractivity contribution in [2.75, 3.05) is 5.32 Å². The minimum Gasteiger partial charge on any atom is -0.324 e. The van der Waals surface area contributed by atoms with Crippen LogP contribution in [0.15, 0.2) is 35.4 Å². The summed E-state index contributed by atoms with van der Waals surface area (Å²) in [5, 5.41) is 3.72. The topological polar surface area (TPSA) is 81.3 Å². The Labute approximate surface area is 172 Å². The first kappa shape index (κ1) is 19.3. The second kappa shape index (κ2) is 7.79. The summed E-state index contributed by atoms with van der Waals surface area (Å²) in [6.07, 6.45) is 4.88. The number of thiophene rings is 1. The van der Waals surface area contributed by atoms with Gasteiger partial charge in [-0.15, -0.1) is 11.3 Å². The Morgan fingerprint density at radius 3 is 2.69 bits per heavy atom. The quantitative estimate of drug-likeness (QED) is 0.526. The number of nitrogens with one attached hydrogen (secondary N) is 1. The number of hydrogen-bond donors (Lipinski definition) is 1. The van der Waals surface area contributed by atoms with Crippen LogP contribution in [-0.2, 0) is 17.8 Å². The lowest BCUT2D eigenvalue weighted by molar-refractivity contribution is -0.117. The lowest BCUT2D eigenvalue weighted by Crippen LogP contribution is -2.28. The van der Waals surface area contributed by atoms with Crippen LogP contribution in [0.3, 0.4) is 0 Å². The van der Waals surface area contributed by atoms with E-state index < -0.39 is 5.69 Å². The van der Waals surface area contributed by atoms with E-state index in [-0.39, 0.29) is 12.5 Å². The molecule has 1 aromatic carbocycles. The van der Waals surface area contributed by atoms with Crippen LogP contribution in [0, 0.1) is 13.8 Å². The molecule has 4 rings (SSSR count). The maximum atomic E-state index is 12.5.